The maximum atomic E-state index is 13.8. The van der Waals surface area contributed by atoms with E-state index in [-0.39, 0.29) is 11.3 Å². The number of carbonyl (C=O) groups is 3. The molecule has 0 saturated carbocycles. The number of halogens is 1. The van der Waals surface area contributed by atoms with Gasteiger partial charge in [-0.2, -0.15) is 0 Å². The van der Waals surface area contributed by atoms with Crippen LogP contribution in [0, 0.1) is 5.82 Å². The van der Waals surface area contributed by atoms with Gasteiger partial charge in [-0.3, -0.25) is 4.79 Å². The summed E-state index contributed by atoms with van der Waals surface area (Å²) < 4.78 is 23.6. The summed E-state index contributed by atoms with van der Waals surface area (Å²) in [6.45, 7) is 2.83. The second-order valence-corrected chi connectivity index (χ2v) is 5.15. The average Bonchev–Trinajstić information content (AvgIpc) is 2.46. The maximum Gasteiger partial charge on any atom is 0.350 e. The number of hydrogen-bond acceptors (Lipinski definition) is 6. The molecule has 1 amide bonds. The molecule has 2 N–H and O–H groups in total. The van der Waals surface area contributed by atoms with E-state index in [0.717, 1.165) is 12.3 Å². The molecule has 1 aliphatic rings. The summed E-state index contributed by atoms with van der Waals surface area (Å²) in [5.41, 5.74) is -0.275. The molecule has 1 aromatic rings. The lowest BCUT2D eigenvalue weighted by molar-refractivity contribution is -0.222. The van der Waals surface area contributed by atoms with Crippen LogP contribution in [0.25, 0.3) is 0 Å². The van der Waals surface area contributed by atoms with Gasteiger partial charge in [0.2, 0.25) is 0 Å². The number of ether oxygens (including phenoxy) is 2. The first kappa shape index (κ1) is 16.5. The van der Waals surface area contributed by atoms with Crippen LogP contribution in [0.15, 0.2) is 30.0 Å². The summed E-state index contributed by atoms with van der Waals surface area (Å²) in [7, 11) is 1.44. The van der Waals surface area contributed by atoms with Gasteiger partial charge in [-0.05, 0) is 18.2 Å². The van der Waals surface area contributed by atoms with Gasteiger partial charge in [0.25, 0.3) is 11.7 Å². The Morgan fingerprint density at radius 3 is 2.39 bits per heavy atom. The summed E-state index contributed by atoms with van der Waals surface area (Å²) in [4.78, 5) is 35.1. The fourth-order valence-corrected chi connectivity index (χ4v) is 1.85. The van der Waals surface area contributed by atoms with Gasteiger partial charge in [0.1, 0.15) is 5.82 Å². The highest BCUT2D eigenvalue weighted by Gasteiger charge is 2.38. The molecule has 0 atom stereocenters. The average molecular weight is 322 g/mol. The number of nitrogens with one attached hydrogen (secondary N) is 2. The molecule has 0 spiro atoms. The van der Waals surface area contributed by atoms with Crippen molar-refractivity contribution in [1.82, 2.24) is 5.32 Å². The Hall–Kier alpha value is -2.90. The normalized spacial score (nSPS) is 16.3. The number of cyclic esters (lactones) is 2. The van der Waals surface area contributed by atoms with Gasteiger partial charge in [-0.25, -0.2) is 14.0 Å². The molecular formula is C15H15FN2O5. The number of rotatable bonds is 3. The first-order valence-electron chi connectivity index (χ1n) is 6.68. The summed E-state index contributed by atoms with van der Waals surface area (Å²) in [6.07, 6.45) is 0.978. The van der Waals surface area contributed by atoms with Crippen LogP contribution in [0.5, 0.6) is 0 Å². The number of anilines is 1. The summed E-state index contributed by atoms with van der Waals surface area (Å²) >= 11 is 0. The van der Waals surface area contributed by atoms with E-state index in [9.17, 15) is 18.8 Å². The van der Waals surface area contributed by atoms with Crippen molar-refractivity contribution in [2.24, 2.45) is 0 Å². The third-order valence-electron chi connectivity index (χ3n) is 2.94. The molecule has 0 bridgehead atoms. The number of carbonyl (C=O) groups excluding carboxylic acids is 3. The van der Waals surface area contributed by atoms with Gasteiger partial charge in [0.15, 0.2) is 5.57 Å². The van der Waals surface area contributed by atoms with Crippen molar-refractivity contribution < 1.29 is 28.2 Å². The van der Waals surface area contributed by atoms with E-state index < -0.39 is 35.0 Å². The topological polar surface area (TPSA) is 93.7 Å². The zero-order valence-electron chi connectivity index (χ0n) is 12.7. The number of amides is 1. The van der Waals surface area contributed by atoms with Crippen LogP contribution in [0.2, 0.25) is 0 Å². The molecule has 1 aliphatic heterocycles. The van der Waals surface area contributed by atoms with Crippen molar-refractivity contribution in [3.63, 3.8) is 0 Å². The quantitative estimate of drug-likeness (QED) is 0.495. The number of esters is 2. The minimum atomic E-state index is -1.35. The highest BCUT2D eigenvalue weighted by atomic mass is 19.1. The predicted molar refractivity (Wildman–Crippen MR) is 77.8 cm³/mol. The molecule has 1 heterocycles. The Morgan fingerprint density at radius 1 is 1.22 bits per heavy atom. The zero-order valence-corrected chi connectivity index (χ0v) is 12.7. The van der Waals surface area contributed by atoms with Gasteiger partial charge in [-0.15, -0.1) is 0 Å². The molecule has 0 radical (unpaired) electrons. The highest BCUT2D eigenvalue weighted by molar-refractivity contribution is 6.15. The molecule has 0 aromatic heterocycles. The van der Waals surface area contributed by atoms with Crippen molar-refractivity contribution in [3.8, 4) is 0 Å². The van der Waals surface area contributed by atoms with E-state index in [4.69, 9.17) is 9.47 Å². The van der Waals surface area contributed by atoms with Crippen LogP contribution in [0.4, 0.5) is 10.1 Å². The van der Waals surface area contributed by atoms with Gasteiger partial charge < -0.3 is 20.1 Å². The minimum Gasteiger partial charge on any atom is -0.419 e. The summed E-state index contributed by atoms with van der Waals surface area (Å²) in [5.74, 6) is -4.19. The van der Waals surface area contributed by atoms with E-state index >= 15 is 0 Å². The lowest BCUT2D eigenvalue weighted by Crippen LogP contribution is -2.42. The van der Waals surface area contributed by atoms with Gasteiger partial charge >= 0.3 is 11.9 Å². The molecule has 8 heteroatoms. The highest BCUT2D eigenvalue weighted by Crippen LogP contribution is 2.23. The van der Waals surface area contributed by atoms with Crippen LogP contribution in [0.3, 0.4) is 0 Å². The molecular weight excluding hydrogens is 307 g/mol. The molecule has 1 saturated heterocycles. The van der Waals surface area contributed by atoms with Crippen LogP contribution < -0.4 is 10.6 Å². The SMILES string of the molecule is CNC(=O)c1ccc(F)c(NC=C2C(=O)OC(C)(C)OC2=O)c1. The number of benzene rings is 1. The summed E-state index contributed by atoms with van der Waals surface area (Å²) in [6, 6.07) is 3.64. The van der Waals surface area contributed by atoms with Crippen molar-refractivity contribution in [1.29, 1.82) is 0 Å². The third kappa shape index (κ3) is 3.65. The van der Waals surface area contributed by atoms with Gasteiger partial charge in [-0.1, -0.05) is 0 Å². The Labute approximate surface area is 131 Å². The van der Waals surface area contributed by atoms with E-state index in [0.29, 0.717) is 0 Å². The van der Waals surface area contributed by atoms with Crippen LogP contribution in [-0.2, 0) is 19.1 Å². The summed E-state index contributed by atoms with van der Waals surface area (Å²) in [5, 5.41) is 4.88. The van der Waals surface area contributed by atoms with Crippen molar-refractivity contribution in [3.05, 3.63) is 41.4 Å². The molecule has 7 nitrogen and oxygen atoms in total. The Bertz CT molecular complexity index is 690. The van der Waals surface area contributed by atoms with Gasteiger partial charge in [0.05, 0.1) is 5.69 Å². The lowest BCUT2D eigenvalue weighted by atomic mass is 10.1. The molecule has 1 fully saturated rings. The fraction of sp³-hybridized carbons (Fsp3) is 0.267. The predicted octanol–water partition coefficient (Wildman–Crippen LogP) is 1.32. The van der Waals surface area contributed by atoms with Crippen molar-refractivity contribution >= 4 is 23.5 Å². The van der Waals surface area contributed by atoms with Crippen molar-refractivity contribution in [2.45, 2.75) is 19.6 Å². The van der Waals surface area contributed by atoms with Crippen LogP contribution in [-0.4, -0.2) is 30.7 Å². The molecule has 0 unspecified atom stereocenters. The largest absolute Gasteiger partial charge is 0.419 e. The Morgan fingerprint density at radius 2 is 1.83 bits per heavy atom. The van der Waals surface area contributed by atoms with Crippen molar-refractivity contribution in [2.75, 3.05) is 12.4 Å². The molecule has 1 aromatic carbocycles. The second-order valence-electron chi connectivity index (χ2n) is 5.15. The van der Waals surface area contributed by atoms with Gasteiger partial charge in [0, 0.05) is 32.7 Å². The Balaban J connectivity index is 2.24. The zero-order chi connectivity index (χ0) is 17.2. The minimum absolute atomic E-state index is 0.0796. The second kappa shape index (κ2) is 6.07. The molecule has 122 valence electrons. The van der Waals surface area contributed by atoms with Crippen LogP contribution >= 0.6 is 0 Å². The monoisotopic (exact) mass is 322 g/mol. The van der Waals surface area contributed by atoms with E-state index in [2.05, 4.69) is 10.6 Å². The fourth-order valence-electron chi connectivity index (χ4n) is 1.85. The molecule has 0 aliphatic carbocycles. The molecule has 2 rings (SSSR count). The lowest BCUT2D eigenvalue weighted by Gasteiger charge is -2.29. The number of hydrogen-bond donors (Lipinski definition) is 2. The first-order chi connectivity index (χ1) is 10.7. The Kier molecular flexibility index (Phi) is 4.35. The third-order valence-corrected chi connectivity index (χ3v) is 2.94. The van der Waals surface area contributed by atoms with Crippen LogP contribution in [0.1, 0.15) is 24.2 Å². The van der Waals surface area contributed by atoms with E-state index in [1.807, 2.05) is 0 Å². The van der Waals surface area contributed by atoms with E-state index in [1.54, 1.807) is 0 Å². The first-order valence-corrected chi connectivity index (χ1v) is 6.68. The standard InChI is InChI=1S/C15H15FN2O5/c1-15(2)22-13(20)9(14(21)23-15)7-18-11-6-8(12(19)17-3)4-5-10(11)16/h4-7,18H,1-3H3,(H,17,19). The van der Waals surface area contributed by atoms with E-state index in [1.165, 1.54) is 33.0 Å². The smallest absolute Gasteiger partial charge is 0.350 e. The molecule has 23 heavy (non-hydrogen) atoms. The maximum absolute atomic E-state index is 13.8.